The van der Waals surface area contributed by atoms with Crippen LogP contribution in [0.1, 0.15) is 46.0 Å². The third-order valence-corrected chi connectivity index (χ3v) is 3.39. The van der Waals surface area contributed by atoms with Gasteiger partial charge < -0.3 is 15.5 Å². The molecule has 0 bridgehead atoms. The van der Waals surface area contributed by atoms with Crippen LogP contribution in [0.15, 0.2) is 0 Å². The van der Waals surface area contributed by atoms with Gasteiger partial charge in [0.1, 0.15) is 0 Å². The van der Waals surface area contributed by atoms with Crippen LogP contribution in [0.4, 0.5) is 0 Å². The minimum atomic E-state index is 0.00886. The van der Waals surface area contributed by atoms with Gasteiger partial charge in [-0.15, -0.1) is 0 Å². The van der Waals surface area contributed by atoms with Crippen LogP contribution in [0, 0.1) is 0 Å². The van der Waals surface area contributed by atoms with Gasteiger partial charge in [0.15, 0.2) is 0 Å². The number of hydrogen-bond donors (Lipinski definition) is 2. The molecule has 5 nitrogen and oxygen atoms in total. The predicted octanol–water partition coefficient (Wildman–Crippen LogP) is 0.893. The van der Waals surface area contributed by atoms with Gasteiger partial charge in [0.25, 0.3) is 0 Å². The van der Waals surface area contributed by atoms with Crippen LogP contribution in [0.5, 0.6) is 0 Å². The van der Waals surface area contributed by atoms with Gasteiger partial charge in [-0.2, -0.15) is 0 Å². The largest absolute Gasteiger partial charge is 0.353 e. The Kier molecular flexibility index (Phi) is 7.48. The summed E-state index contributed by atoms with van der Waals surface area (Å²) in [5.41, 5.74) is 0. The zero-order valence-electron chi connectivity index (χ0n) is 12.2. The van der Waals surface area contributed by atoms with E-state index in [2.05, 4.69) is 17.6 Å². The molecule has 1 unspecified atom stereocenters. The zero-order valence-corrected chi connectivity index (χ0v) is 12.2. The third kappa shape index (κ3) is 6.57. The quantitative estimate of drug-likeness (QED) is 0.643. The summed E-state index contributed by atoms with van der Waals surface area (Å²) in [5.74, 6) is 0.208. The molecule has 0 aromatic rings. The van der Waals surface area contributed by atoms with E-state index >= 15 is 0 Å². The maximum atomic E-state index is 11.7. The van der Waals surface area contributed by atoms with Crippen LogP contribution in [0.2, 0.25) is 0 Å². The van der Waals surface area contributed by atoms with Gasteiger partial charge in [-0.3, -0.25) is 9.59 Å². The third-order valence-electron chi connectivity index (χ3n) is 3.39. The van der Waals surface area contributed by atoms with Crippen LogP contribution in [0.25, 0.3) is 0 Å². The summed E-state index contributed by atoms with van der Waals surface area (Å²) in [6.07, 6.45) is 4.80. The summed E-state index contributed by atoms with van der Waals surface area (Å²) in [6.45, 7) is 6.77. The Balaban J connectivity index is 2.03. The van der Waals surface area contributed by atoms with E-state index in [1.54, 1.807) is 0 Å². The van der Waals surface area contributed by atoms with Crippen molar-refractivity contribution in [1.29, 1.82) is 0 Å². The highest BCUT2D eigenvalue weighted by atomic mass is 16.2. The van der Waals surface area contributed by atoms with Gasteiger partial charge in [0.05, 0.1) is 6.54 Å². The average molecular weight is 269 g/mol. The lowest BCUT2D eigenvalue weighted by molar-refractivity contribution is -0.130. The summed E-state index contributed by atoms with van der Waals surface area (Å²) in [4.78, 5) is 25.2. The van der Waals surface area contributed by atoms with Gasteiger partial charge >= 0.3 is 0 Å². The molecular formula is C14H27N3O2. The van der Waals surface area contributed by atoms with E-state index in [1.807, 2.05) is 11.8 Å². The van der Waals surface area contributed by atoms with E-state index in [0.29, 0.717) is 19.5 Å². The van der Waals surface area contributed by atoms with Crippen molar-refractivity contribution >= 4 is 11.8 Å². The van der Waals surface area contributed by atoms with Gasteiger partial charge in [0.2, 0.25) is 11.8 Å². The first-order valence-corrected chi connectivity index (χ1v) is 7.41. The Morgan fingerprint density at radius 2 is 1.95 bits per heavy atom. The van der Waals surface area contributed by atoms with Crippen molar-refractivity contribution in [3.05, 3.63) is 0 Å². The Labute approximate surface area is 116 Å². The average Bonchev–Trinajstić information content (AvgIpc) is 2.88. The number of nitrogens with zero attached hydrogens (tertiary/aromatic N) is 1. The van der Waals surface area contributed by atoms with Crippen LogP contribution in [0.3, 0.4) is 0 Å². The number of rotatable bonds is 8. The molecule has 19 heavy (non-hydrogen) atoms. The first kappa shape index (κ1) is 16.0. The molecule has 0 spiro atoms. The van der Waals surface area contributed by atoms with Crippen LogP contribution in [-0.2, 0) is 9.59 Å². The van der Waals surface area contributed by atoms with Crippen molar-refractivity contribution in [3.63, 3.8) is 0 Å². The lowest BCUT2D eigenvalue weighted by Crippen LogP contribution is -2.40. The first-order valence-electron chi connectivity index (χ1n) is 7.41. The number of nitrogens with one attached hydrogen (secondary N) is 2. The van der Waals surface area contributed by atoms with E-state index in [9.17, 15) is 9.59 Å². The Hall–Kier alpha value is -1.10. The molecule has 1 saturated heterocycles. The van der Waals surface area contributed by atoms with Gasteiger partial charge in [0, 0.05) is 32.1 Å². The summed E-state index contributed by atoms with van der Waals surface area (Å²) in [6, 6.07) is 0.227. The van der Waals surface area contributed by atoms with Gasteiger partial charge in [-0.25, -0.2) is 0 Å². The van der Waals surface area contributed by atoms with Crippen molar-refractivity contribution < 1.29 is 9.59 Å². The highest BCUT2D eigenvalue weighted by molar-refractivity contribution is 5.79. The first-order chi connectivity index (χ1) is 9.13. The lowest BCUT2D eigenvalue weighted by Gasteiger charge is -2.15. The summed E-state index contributed by atoms with van der Waals surface area (Å²) in [7, 11) is 0. The standard InChI is InChI=1S/C14H27N3O2/c1-3-6-12(2)16-13(18)11-15-8-7-14(19)17-9-4-5-10-17/h12,15H,3-11H2,1-2H3,(H,16,18). The highest BCUT2D eigenvalue weighted by Crippen LogP contribution is 2.08. The smallest absolute Gasteiger partial charge is 0.234 e. The number of likely N-dealkylation sites (tertiary alicyclic amines) is 1. The zero-order chi connectivity index (χ0) is 14.1. The minimum absolute atomic E-state index is 0.00886. The lowest BCUT2D eigenvalue weighted by atomic mass is 10.2. The maximum Gasteiger partial charge on any atom is 0.234 e. The fourth-order valence-electron chi connectivity index (χ4n) is 2.35. The van der Waals surface area contributed by atoms with Crippen LogP contribution < -0.4 is 10.6 Å². The highest BCUT2D eigenvalue weighted by Gasteiger charge is 2.17. The number of hydrogen-bond acceptors (Lipinski definition) is 3. The van der Waals surface area contributed by atoms with Gasteiger partial charge in [-0.1, -0.05) is 13.3 Å². The molecule has 1 heterocycles. The molecule has 1 fully saturated rings. The fraction of sp³-hybridized carbons (Fsp3) is 0.857. The number of carbonyl (C=O) groups is 2. The van der Waals surface area contributed by atoms with E-state index in [0.717, 1.165) is 38.8 Å². The SMILES string of the molecule is CCCC(C)NC(=O)CNCCC(=O)N1CCCC1. The topological polar surface area (TPSA) is 61.4 Å². The van der Waals surface area contributed by atoms with E-state index in [-0.39, 0.29) is 17.9 Å². The summed E-state index contributed by atoms with van der Waals surface area (Å²) in [5, 5.41) is 5.95. The molecule has 1 aliphatic rings. The molecule has 0 aromatic heterocycles. The Morgan fingerprint density at radius 1 is 1.26 bits per heavy atom. The Bertz CT molecular complexity index is 288. The molecule has 1 aliphatic heterocycles. The van der Waals surface area contributed by atoms with Crippen LogP contribution in [-0.4, -0.2) is 48.9 Å². The van der Waals surface area contributed by atoms with E-state index in [4.69, 9.17) is 0 Å². The molecule has 0 radical (unpaired) electrons. The molecule has 0 aliphatic carbocycles. The normalized spacial score (nSPS) is 16.4. The summed E-state index contributed by atoms with van der Waals surface area (Å²) >= 11 is 0. The van der Waals surface area contributed by atoms with Crippen molar-refractivity contribution in [1.82, 2.24) is 15.5 Å². The van der Waals surface area contributed by atoms with E-state index in [1.165, 1.54) is 0 Å². The molecule has 2 amide bonds. The second-order valence-corrected chi connectivity index (χ2v) is 5.27. The van der Waals surface area contributed by atoms with Crippen molar-refractivity contribution in [3.8, 4) is 0 Å². The van der Waals surface area contributed by atoms with Crippen molar-refractivity contribution in [2.45, 2.75) is 52.0 Å². The molecule has 0 aromatic carbocycles. The van der Waals surface area contributed by atoms with Crippen molar-refractivity contribution in [2.24, 2.45) is 0 Å². The number of amides is 2. The second kappa shape index (κ2) is 8.91. The minimum Gasteiger partial charge on any atom is -0.353 e. The number of carbonyl (C=O) groups excluding carboxylic acids is 2. The molecule has 1 rings (SSSR count). The van der Waals surface area contributed by atoms with Crippen molar-refractivity contribution in [2.75, 3.05) is 26.2 Å². The molecule has 110 valence electrons. The van der Waals surface area contributed by atoms with Crippen LogP contribution >= 0.6 is 0 Å². The maximum absolute atomic E-state index is 11.7. The molecule has 2 N–H and O–H groups in total. The summed E-state index contributed by atoms with van der Waals surface area (Å²) < 4.78 is 0. The molecule has 0 saturated carbocycles. The molecular weight excluding hydrogens is 242 g/mol. The van der Waals surface area contributed by atoms with Gasteiger partial charge in [-0.05, 0) is 26.2 Å². The van der Waals surface area contributed by atoms with E-state index < -0.39 is 0 Å². The predicted molar refractivity (Wildman–Crippen MR) is 75.8 cm³/mol. The second-order valence-electron chi connectivity index (χ2n) is 5.27. The molecule has 5 heteroatoms. The molecule has 1 atom stereocenters. The monoisotopic (exact) mass is 269 g/mol. The Morgan fingerprint density at radius 3 is 2.58 bits per heavy atom. The fourth-order valence-corrected chi connectivity index (χ4v) is 2.35.